The van der Waals surface area contributed by atoms with Gasteiger partial charge in [-0.2, -0.15) is 26.9 Å². The van der Waals surface area contributed by atoms with Crippen LogP contribution >= 0.6 is 22.6 Å². The van der Waals surface area contributed by atoms with Gasteiger partial charge in [-0.1, -0.05) is 0 Å². The van der Waals surface area contributed by atoms with E-state index < -0.39 is 10.2 Å². The molecule has 7 nitrogen and oxygen atoms in total. The van der Waals surface area contributed by atoms with Gasteiger partial charge in [0.05, 0.1) is 7.11 Å². The second kappa shape index (κ2) is 4.56. The van der Waals surface area contributed by atoms with E-state index >= 15 is 0 Å². The van der Waals surface area contributed by atoms with Gasteiger partial charge in [-0.25, -0.2) is 0 Å². The summed E-state index contributed by atoms with van der Waals surface area (Å²) in [6, 6.07) is 1.67. The summed E-state index contributed by atoms with van der Waals surface area (Å²) in [5.41, 5.74) is 0.0166. The van der Waals surface area contributed by atoms with E-state index in [-0.39, 0.29) is 15.4 Å². The third-order valence-electron chi connectivity index (χ3n) is 1.74. The highest BCUT2D eigenvalue weighted by atomic mass is 127. The van der Waals surface area contributed by atoms with Crippen LogP contribution < -0.4 is 4.74 Å². The molecule has 0 unspecified atom stereocenters. The van der Waals surface area contributed by atoms with E-state index in [2.05, 4.69) is 4.98 Å². The molecule has 1 aromatic heterocycles. The summed E-state index contributed by atoms with van der Waals surface area (Å²) in [6.45, 7) is 0. The smallest absolute Gasteiger partial charge is 0.313 e. The lowest BCUT2D eigenvalue weighted by molar-refractivity contribution is 0.372. The first-order valence-electron chi connectivity index (χ1n) is 4.01. The molecule has 0 saturated carbocycles. The molecule has 0 N–H and O–H groups in total. The summed E-state index contributed by atoms with van der Waals surface area (Å²) >= 11 is 1.74. The fourth-order valence-corrected chi connectivity index (χ4v) is 3.05. The minimum absolute atomic E-state index is 0.0166. The number of hydrogen-bond donors (Lipinski definition) is 0. The van der Waals surface area contributed by atoms with Gasteiger partial charge in [-0.15, -0.1) is 0 Å². The maximum Gasteiger partial charge on any atom is 0.313 e. The first-order chi connectivity index (χ1) is 7.36. The largest absolute Gasteiger partial charge is 0.467 e. The number of aromatic nitrogens is 2. The normalized spacial score (nSPS) is 11.5. The highest BCUT2D eigenvalue weighted by Crippen LogP contribution is 2.22. The number of nitriles is 1. The van der Waals surface area contributed by atoms with Gasteiger partial charge in [0.15, 0.2) is 5.69 Å². The van der Waals surface area contributed by atoms with Crippen molar-refractivity contribution in [3.05, 3.63) is 9.39 Å². The number of ether oxygens (including phenoxy) is 1. The summed E-state index contributed by atoms with van der Waals surface area (Å²) in [7, 11) is 0.329. The van der Waals surface area contributed by atoms with E-state index in [1.165, 1.54) is 21.2 Å². The van der Waals surface area contributed by atoms with E-state index in [0.29, 0.717) is 0 Å². The Bertz CT molecular complexity index is 543. The second-order valence-corrected chi connectivity index (χ2v) is 5.92. The maximum absolute atomic E-state index is 11.9. The van der Waals surface area contributed by atoms with Gasteiger partial charge in [0.2, 0.25) is 0 Å². The van der Waals surface area contributed by atoms with Crippen LogP contribution in [0.15, 0.2) is 0 Å². The maximum atomic E-state index is 11.9. The zero-order chi connectivity index (χ0) is 12.5. The first-order valence-corrected chi connectivity index (χ1v) is 6.49. The Kier molecular flexibility index (Phi) is 3.76. The topological polar surface area (TPSA) is 88.2 Å². The van der Waals surface area contributed by atoms with Crippen molar-refractivity contribution in [3.63, 3.8) is 0 Å². The third kappa shape index (κ3) is 2.00. The van der Waals surface area contributed by atoms with Gasteiger partial charge >= 0.3 is 16.2 Å². The number of rotatable bonds is 3. The lowest BCUT2D eigenvalue weighted by atomic mass is 10.6. The second-order valence-electron chi connectivity index (χ2n) is 2.90. The molecule has 0 aromatic carbocycles. The van der Waals surface area contributed by atoms with Crippen LogP contribution in [0.5, 0.6) is 6.01 Å². The van der Waals surface area contributed by atoms with E-state index in [9.17, 15) is 8.42 Å². The zero-order valence-corrected chi connectivity index (χ0v) is 11.8. The average Bonchev–Trinajstić information content (AvgIpc) is 2.54. The zero-order valence-electron chi connectivity index (χ0n) is 8.80. The fourth-order valence-electron chi connectivity index (χ4n) is 0.930. The van der Waals surface area contributed by atoms with E-state index in [1.54, 1.807) is 28.7 Å². The Balaban J connectivity index is 3.57. The van der Waals surface area contributed by atoms with E-state index in [1.807, 2.05) is 0 Å². The summed E-state index contributed by atoms with van der Waals surface area (Å²) < 4.78 is 30.8. The number of nitrogens with zero attached hydrogens (tertiary/aromatic N) is 4. The number of methoxy groups -OCH3 is 1. The molecule has 9 heteroatoms. The molecule has 16 heavy (non-hydrogen) atoms. The minimum Gasteiger partial charge on any atom is -0.467 e. The van der Waals surface area contributed by atoms with Gasteiger partial charge in [-0.05, 0) is 22.6 Å². The van der Waals surface area contributed by atoms with E-state index in [0.717, 1.165) is 8.28 Å². The monoisotopic (exact) mass is 356 g/mol. The van der Waals surface area contributed by atoms with Crippen molar-refractivity contribution in [1.29, 1.82) is 5.26 Å². The van der Waals surface area contributed by atoms with Crippen LogP contribution in [0, 0.1) is 15.0 Å². The molecule has 0 radical (unpaired) electrons. The van der Waals surface area contributed by atoms with Crippen LogP contribution in [-0.4, -0.2) is 42.9 Å². The van der Waals surface area contributed by atoms with Crippen LogP contribution in [0.1, 0.15) is 5.69 Å². The third-order valence-corrected chi connectivity index (χ3v) is 4.78. The molecule has 0 amide bonds. The van der Waals surface area contributed by atoms with Gasteiger partial charge in [0, 0.05) is 14.1 Å². The standard InChI is InChI=1S/C7H9IN4O3S/c1-11(2)16(13,14)12-6(8)5(4-9)10-7(12)15-3/h1-3H3. The fraction of sp³-hybridized carbons (Fsp3) is 0.429. The summed E-state index contributed by atoms with van der Waals surface area (Å²) in [5, 5.41) is 8.76. The number of hydrogen-bond acceptors (Lipinski definition) is 5. The molecule has 0 atom stereocenters. The van der Waals surface area contributed by atoms with Crippen molar-refractivity contribution in [1.82, 2.24) is 13.3 Å². The lowest BCUT2D eigenvalue weighted by Crippen LogP contribution is -2.30. The van der Waals surface area contributed by atoms with Crippen molar-refractivity contribution in [2.45, 2.75) is 0 Å². The van der Waals surface area contributed by atoms with Crippen LogP contribution in [0.25, 0.3) is 0 Å². The van der Waals surface area contributed by atoms with Gasteiger partial charge < -0.3 is 4.74 Å². The molecule has 0 spiro atoms. The highest BCUT2D eigenvalue weighted by molar-refractivity contribution is 14.1. The van der Waals surface area contributed by atoms with E-state index in [4.69, 9.17) is 10.00 Å². The molecule has 0 fully saturated rings. The predicted octanol–water partition coefficient (Wildman–Crippen LogP) is 0.0225. The summed E-state index contributed by atoms with van der Waals surface area (Å²) in [6.07, 6.45) is 0. The molecule has 1 heterocycles. The van der Waals surface area contributed by atoms with Crippen LogP contribution in [0.4, 0.5) is 0 Å². The Hall–Kier alpha value is -0.860. The van der Waals surface area contributed by atoms with Crippen molar-refractivity contribution in [3.8, 4) is 12.1 Å². The van der Waals surface area contributed by atoms with Crippen molar-refractivity contribution < 1.29 is 13.2 Å². The van der Waals surface area contributed by atoms with Gasteiger partial charge in [-0.3, -0.25) is 0 Å². The van der Waals surface area contributed by atoms with Crippen molar-refractivity contribution in [2.75, 3.05) is 21.2 Å². The van der Waals surface area contributed by atoms with Crippen molar-refractivity contribution in [2.24, 2.45) is 0 Å². The SMILES string of the molecule is COc1nc(C#N)c(I)n1S(=O)(=O)N(C)C. The Morgan fingerprint density at radius 2 is 2.12 bits per heavy atom. The van der Waals surface area contributed by atoms with Crippen LogP contribution in [0.2, 0.25) is 0 Å². The molecule has 0 aliphatic carbocycles. The Morgan fingerprint density at radius 3 is 2.50 bits per heavy atom. The van der Waals surface area contributed by atoms with Gasteiger partial charge in [0.1, 0.15) is 9.77 Å². The van der Waals surface area contributed by atoms with Crippen LogP contribution in [-0.2, 0) is 10.2 Å². The summed E-state index contributed by atoms with van der Waals surface area (Å²) in [5.74, 6) is 0. The quantitative estimate of drug-likeness (QED) is 0.713. The van der Waals surface area contributed by atoms with Gasteiger partial charge in [0.25, 0.3) is 0 Å². The molecular formula is C7H9IN4O3S. The highest BCUT2D eigenvalue weighted by Gasteiger charge is 2.27. The Labute approximate surface area is 107 Å². The molecule has 0 aliphatic rings. The minimum atomic E-state index is -3.74. The predicted molar refractivity (Wildman–Crippen MR) is 64.2 cm³/mol. The lowest BCUT2D eigenvalue weighted by Gasteiger charge is -2.13. The molecule has 1 rings (SSSR count). The first kappa shape index (κ1) is 13.2. The average molecular weight is 356 g/mol. The summed E-state index contributed by atoms with van der Waals surface area (Å²) in [4.78, 5) is 3.76. The van der Waals surface area contributed by atoms with Crippen LogP contribution in [0.3, 0.4) is 0 Å². The molecular weight excluding hydrogens is 347 g/mol. The molecule has 0 saturated heterocycles. The Morgan fingerprint density at radius 1 is 1.56 bits per heavy atom. The van der Waals surface area contributed by atoms with Crippen molar-refractivity contribution >= 4 is 32.8 Å². The molecule has 1 aromatic rings. The number of halogens is 1. The molecule has 0 aliphatic heterocycles. The molecule has 88 valence electrons. The molecule has 0 bridgehead atoms. The number of imidazole rings is 1.